The van der Waals surface area contributed by atoms with Crippen molar-refractivity contribution in [1.82, 2.24) is 10.6 Å². The van der Waals surface area contributed by atoms with Crippen LogP contribution in [0, 0.1) is 0 Å². The zero-order chi connectivity index (χ0) is 11.7. The van der Waals surface area contributed by atoms with E-state index in [0.717, 1.165) is 17.9 Å². The molecule has 0 spiro atoms. The van der Waals surface area contributed by atoms with Crippen LogP contribution in [0.15, 0.2) is 0 Å². The molecule has 0 aromatic rings. The van der Waals surface area contributed by atoms with Gasteiger partial charge in [0.15, 0.2) is 0 Å². The van der Waals surface area contributed by atoms with E-state index in [2.05, 4.69) is 10.6 Å². The molecule has 0 aromatic carbocycles. The summed E-state index contributed by atoms with van der Waals surface area (Å²) in [6.07, 6.45) is 0.820. The fourth-order valence-electron chi connectivity index (χ4n) is 0.840. The van der Waals surface area contributed by atoms with E-state index in [0.29, 0.717) is 6.54 Å². The van der Waals surface area contributed by atoms with Crippen molar-refractivity contribution in [3.05, 3.63) is 0 Å². The molecule has 5 heteroatoms. The largest absolute Gasteiger partial charge is 0.396 e. The summed E-state index contributed by atoms with van der Waals surface area (Å²) >= 11 is 1.74. The summed E-state index contributed by atoms with van der Waals surface area (Å²) < 4.78 is 0. The average Bonchev–Trinajstić information content (AvgIpc) is 2.22. The molecular weight excluding hydrogens is 212 g/mol. The van der Waals surface area contributed by atoms with Gasteiger partial charge in [0.1, 0.15) is 0 Å². The highest BCUT2D eigenvalue weighted by atomic mass is 32.2. The minimum absolute atomic E-state index is 0.0211. The molecule has 0 rings (SSSR count). The summed E-state index contributed by atoms with van der Waals surface area (Å²) in [6, 6.07) is 0. The number of aliphatic hydroxyl groups is 1. The van der Waals surface area contributed by atoms with Crippen LogP contribution in [0.4, 0.5) is 0 Å². The van der Waals surface area contributed by atoms with Crippen molar-refractivity contribution in [3.8, 4) is 0 Å². The number of aliphatic hydroxyl groups excluding tert-OH is 1. The first-order valence-corrected chi connectivity index (χ1v) is 6.36. The molecule has 0 aliphatic carbocycles. The minimum Gasteiger partial charge on any atom is -0.396 e. The van der Waals surface area contributed by atoms with Crippen molar-refractivity contribution in [2.75, 3.05) is 31.7 Å². The Morgan fingerprint density at radius 1 is 1.40 bits per heavy atom. The van der Waals surface area contributed by atoms with Crippen molar-refractivity contribution in [2.24, 2.45) is 0 Å². The first-order valence-electron chi connectivity index (χ1n) is 5.20. The molecule has 4 nitrogen and oxygen atoms in total. The van der Waals surface area contributed by atoms with Crippen LogP contribution < -0.4 is 10.6 Å². The molecule has 0 radical (unpaired) electrons. The normalized spacial score (nSPS) is 11.5. The van der Waals surface area contributed by atoms with Crippen LogP contribution in [0.1, 0.15) is 20.3 Å². The Morgan fingerprint density at radius 3 is 2.60 bits per heavy atom. The number of rotatable bonds is 8. The molecule has 90 valence electrons. The first-order chi connectivity index (χ1) is 7.04. The van der Waals surface area contributed by atoms with E-state index in [-0.39, 0.29) is 12.5 Å². The number of hydrogen-bond acceptors (Lipinski definition) is 4. The Hall–Kier alpha value is -0.260. The van der Waals surface area contributed by atoms with E-state index in [1.165, 1.54) is 0 Å². The third kappa shape index (κ3) is 6.76. The smallest absolute Gasteiger partial charge is 0.239 e. The Labute approximate surface area is 96.2 Å². The molecule has 0 bridgehead atoms. The van der Waals surface area contributed by atoms with E-state index >= 15 is 0 Å². The quantitative estimate of drug-likeness (QED) is 0.526. The van der Waals surface area contributed by atoms with Gasteiger partial charge in [0, 0.05) is 18.9 Å². The Morgan fingerprint density at radius 2 is 2.07 bits per heavy atom. The van der Waals surface area contributed by atoms with Gasteiger partial charge in [-0.25, -0.2) is 0 Å². The van der Waals surface area contributed by atoms with Gasteiger partial charge in [-0.15, -0.1) is 0 Å². The zero-order valence-corrected chi connectivity index (χ0v) is 10.6. The Bertz CT molecular complexity index is 186. The fraction of sp³-hybridized carbons (Fsp3) is 0.900. The predicted molar refractivity (Wildman–Crippen MR) is 65.2 cm³/mol. The van der Waals surface area contributed by atoms with Crippen molar-refractivity contribution in [1.29, 1.82) is 0 Å². The number of carbonyl (C=O) groups excluding carboxylic acids is 1. The summed E-state index contributed by atoms with van der Waals surface area (Å²) in [5, 5.41) is 14.4. The molecule has 0 aliphatic heterocycles. The fourth-order valence-corrected chi connectivity index (χ4v) is 1.62. The second kappa shape index (κ2) is 7.96. The van der Waals surface area contributed by atoms with Crippen LogP contribution >= 0.6 is 11.8 Å². The number of carbonyl (C=O) groups is 1. The van der Waals surface area contributed by atoms with Crippen LogP contribution in [0.5, 0.6) is 0 Å². The van der Waals surface area contributed by atoms with E-state index in [1.807, 2.05) is 13.8 Å². The van der Waals surface area contributed by atoms with Gasteiger partial charge < -0.3 is 15.7 Å². The maximum atomic E-state index is 11.6. The van der Waals surface area contributed by atoms with Gasteiger partial charge in [-0.05, 0) is 33.1 Å². The van der Waals surface area contributed by atoms with Gasteiger partial charge in [-0.2, -0.15) is 11.8 Å². The van der Waals surface area contributed by atoms with Crippen LogP contribution in [0.25, 0.3) is 0 Å². The lowest BCUT2D eigenvalue weighted by Crippen LogP contribution is -2.51. The molecule has 0 aliphatic rings. The maximum Gasteiger partial charge on any atom is 0.239 e. The van der Waals surface area contributed by atoms with Gasteiger partial charge in [-0.1, -0.05) is 0 Å². The standard InChI is InChI=1S/C10H22N2O2S/c1-10(2,11-3)9(14)12-5-8-15-7-4-6-13/h11,13H,4-8H2,1-3H3,(H,12,14). The van der Waals surface area contributed by atoms with Gasteiger partial charge in [0.2, 0.25) is 5.91 Å². The number of hydrogen-bond donors (Lipinski definition) is 3. The molecule has 0 unspecified atom stereocenters. The highest BCUT2D eigenvalue weighted by Gasteiger charge is 2.24. The highest BCUT2D eigenvalue weighted by Crippen LogP contribution is 2.02. The molecule has 1 amide bonds. The van der Waals surface area contributed by atoms with Crippen molar-refractivity contribution < 1.29 is 9.90 Å². The third-order valence-electron chi connectivity index (χ3n) is 2.17. The molecule has 3 N–H and O–H groups in total. The summed E-state index contributed by atoms with van der Waals surface area (Å²) in [5.74, 6) is 1.86. The van der Waals surface area contributed by atoms with Gasteiger partial charge in [0.25, 0.3) is 0 Å². The maximum absolute atomic E-state index is 11.6. The molecule has 0 aromatic heterocycles. The van der Waals surface area contributed by atoms with E-state index < -0.39 is 5.54 Å². The van der Waals surface area contributed by atoms with Crippen molar-refractivity contribution >= 4 is 17.7 Å². The molecule has 0 heterocycles. The van der Waals surface area contributed by atoms with Crippen molar-refractivity contribution in [2.45, 2.75) is 25.8 Å². The van der Waals surface area contributed by atoms with Gasteiger partial charge in [-0.3, -0.25) is 4.79 Å². The number of likely N-dealkylation sites (N-methyl/N-ethyl adjacent to an activating group) is 1. The molecule has 15 heavy (non-hydrogen) atoms. The summed E-state index contributed by atoms with van der Waals surface area (Å²) in [6.45, 7) is 4.62. The first kappa shape index (κ1) is 14.7. The predicted octanol–water partition coefficient (Wildman–Crippen LogP) is 0.216. The SMILES string of the molecule is CNC(C)(C)C(=O)NCCSCCCO. The van der Waals surface area contributed by atoms with Crippen LogP contribution in [-0.2, 0) is 4.79 Å². The topological polar surface area (TPSA) is 61.4 Å². The minimum atomic E-state index is -0.504. The van der Waals surface area contributed by atoms with Gasteiger partial charge in [0.05, 0.1) is 5.54 Å². The lowest BCUT2D eigenvalue weighted by atomic mass is 10.1. The number of thioether (sulfide) groups is 1. The molecule has 0 atom stereocenters. The summed E-state index contributed by atoms with van der Waals surface area (Å²) in [4.78, 5) is 11.6. The molecular formula is C10H22N2O2S. The lowest BCUT2D eigenvalue weighted by Gasteiger charge is -2.22. The van der Waals surface area contributed by atoms with Crippen molar-refractivity contribution in [3.63, 3.8) is 0 Å². The van der Waals surface area contributed by atoms with E-state index in [4.69, 9.17) is 5.11 Å². The van der Waals surface area contributed by atoms with Crippen LogP contribution in [0.3, 0.4) is 0 Å². The summed E-state index contributed by atoms with van der Waals surface area (Å²) in [7, 11) is 1.77. The Balaban J connectivity index is 3.47. The zero-order valence-electron chi connectivity index (χ0n) is 9.80. The average molecular weight is 234 g/mol. The Kier molecular flexibility index (Phi) is 7.82. The molecule has 0 fully saturated rings. The second-order valence-electron chi connectivity index (χ2n) is 3.82. The summed E-state index contributed by atoms with van der Waals surface area (Å²) in [5.41, 5.74) is -0.504. The molecule has 0 saturated heterocycles. The number of nitrogens with one attached hydrogen (secondary N) is 2. The monoisotopic (exact) mass is 234 g/mol. The highest BCUT2D eigenvalue weighted by molar-refractivity contribution is 7.99. The van der Waals surface area contributed by atoms with E-state index in [1.54, 1.807) is 18.8 Å². The second-order valence-corrected chi connectivity index (χ2v) is 5.05. The lowest BCUT2D eigenvalue weighted by molar-refractivity contribution is -0.126. The van der Waals surface area contributed by atoms with Crippen LogP contribution in [-0.4, -0.2) is 48.3 Å². The number of amides is 1. The molecule has 0 saturated carbocycles. The third-order valence-corrected chi connectivity index (χ3v) is 3.24. The van der Waals surface area contributed by atoms with E-state index in [9.17, 15) is 4.79 Å². The van der Waals surface area contributed by atoms with Gasteiger partial charge >= 0.3 is 0 Å². The van der Waals surface area contributed by atoms with Crippen LogP contribution in [0.2, 0.25) is 0 Å².